The number of carbonyl (C=O) groups excluding carboxylic acids is 1. The summed E-state index contributed by atoms with van der Waals surface area (Å²) in [6.45, 7) is 6.01. The van der Waals surface area contributed by atoms with Gasteiger partial charge in [0.1, 0.15) is 5.15 Å². The van der Waals surface area contributed by atoms with Gasteiger partial charge < -0.3 is 9.64 Å². The van der Waals surface area contributed by atoms with Crippen molar-refractivity contribution in [3.05, 3.63) is 67.4 Å². The number of carbonyl (C=O) groups is 1. The monoisotopic (exact) mass is 463 g/mol. The predicted octanol–water partition coefficient (Wildman–Crippen LogP) is 5.27. The van der Waals surface area contributed by atoms with Gasteiger partial charge in [-0.1, -0.05) is 34.8 Å². The average molecular weight is 465 g/mol. The molecule has 2 aromatic heterocycles. The Balaban J connectivity index is 1.71. The van der Waals surface area contributed by atoms with Crippen LogP contribution in [-0.4, -0.2) is 47.1 Å². The highest BCUT2D eigenvalue weighted by molar-refractivity contribution is 6.38. The van der Waals surface area contributed by atoms with Gasteiger partial charge in [0.05, 0.1) is 34.8 Å². The lowest BCUT2D eigenvalue weighted by Gasteiger charge is -2.27. The number of hydrogen-bond acceptors (Lipinski definition) is 4. The molecular formula is C22H20Cl3N3O2. The quantitative estimate of drug-likeness (QED) is 0.496. The minimum atomic E-state index is -0.112. The molecule has 0 saturated carbocycles. The third-order valence-electron chi connectivity index (χ3n) is 5.28. The smallest absolute Gasteiger partial charge is 0.255 e. The SMILES string of the molecule is Cc1cc2nc(Cc3c(Cl)ccc(C(=O)N4CCOCC4)c3Cl)c(C)cc2nc1Cl. The molecule has 1 aromatic carbocycles. The average Bonchev–Trinajstić information content (AvgIpc) is 2.73. The normalized spacial score (nSPS) is 14.4. The lowest BCUT2D eigenvalue weighted by atomic mass is 10.0. The molecule has 0 aliphatic carbocycles. The number of hydrogen-bond donors (Lipinski definition) is 0. The zero-order valence-electron chi connectivity index (χ0n) is 16.6. The summed E-state index contributed by atoms with van der Waals surface area (Å²) in [6, 6.07) is 7.27. The van der Waals surface area contributed by atoms with Gasteiger partial charge >= 0.3 is 0 Å². The third kappa shape index (κ3) is 4.12. The summed E-state index contributed by atoms with van der Waals surface area (Å²) < 4.78 is 5.33. The predicted molar refractivity (Wildman–Crippen MR) is 120 cm³/mol. The van der Waals surface area contributed by atoms with Gasteiger partial charge in [-0.05, 0) is 54.8 Å². The van der Waals surface area contributed by atoms with Gasteiger partial charge in [-0.15, -0.1) is 0 Å². The number of aryl methyl sites for hydroxylation is 2. The standard InChI is InChI=1S/C22H20Cl3N3O2/c1-12-9-19-18(10-13(2)21(25)27-19)26-17(12)11-15-16(23)4-3-14(20(15)24)22(29)28-5-7-30-8-6-28/h3-4,9-10H,5-8,11H2,1-2H3. The van der Waals surface area contributed by atoms with Crippen molar-refractivity contribution >= 4 is 51.7 Å². The van der Waals surface area contributed by atoms with Crippen molar-refractivity contribution in [2.24, 2.45) is 0 Å². The molecule has 4 rings (SSSR count). The molecule has 1 saturated heterocycles. The van der Waals surface area contributed by atoms with Crippen LogP contribution in [0.15, 0.2) is 24.3 Å². The molecule has 0 atom stereocenters. The zero-order valence-corrected chi connectivity index (χ0v) is 18.9. The number of amides is 1. The van der Waals surface area contributed by atoms with Crippen LogP contribution >= 0.6 is 34.8 Å². The number of halogens is 3. The Kier molecular flexibility index (Phi) is 6.16. The van der Waals surface area contributed by atoms with E-state index in [-0.39, 0.29) is 5.91 Å². The molecule has 3 heterocycles. The molecule has 3 aromatic rings. The Morgan fingerprint density at radius 1 is 1.03 bits per heavy atom. The molecule has 0 bridgehead atoms. The first-order chi connectivity index (χ1) is 14.3. The number of aromatic nitrogens is 2. The van der Waals surface area contributed by atoms with Crippen LogP contribution in [0.5, 0.6) is 0 Å². The summed E-state index contributed by atoms with van der Waals surface area (Å²) in [5, 5.41) is 1.34. The highest BCUT2D eigenvalue weighted by Crippen LogP contribution is 2.32. The second-order valence-corrected chi connectivity index (χ2v) is 8.50. The van der Waals surface area contributed by atoms with Crippen LogP contribution in [0.3, 0.4) is 0 Å². The first-order valence-electron chi connectivity index (χ1n) is 9.62. The van der Waals surface area contributed by atoms with Crippen LogP contribution in [0.2, 0.25) is 15.2 Å². The van der Waals surface area contributed by atoms with Gasteiger partial charge in [0.15, 0.2) is 0 Å². The highest BCUT2D eigenvalue weighted by Gasteiger charge is 2.23. The fourth-order valence-corrected chi connectivity index (χ4v) is 4.25. The molecule has 5 nitrogen and oxygen atoms in total. The van der Waals surface area contributed by atoms with Crippen molar-refractivity contribution < 1.29 is 9.53 Å². The summed E-state index contributed by atoms with van der Waals surface area (Å²) in [5.41, 5.74) is 5.26. The highest BCUT2D eigenvalue weighted by atomic mass is 35.5. The Hall–Kier alpha value is -1.92. The second kappa shape index (κ2) is 8.67. The number of fused-ring (bicyclic) bond motifs is 1. The van der Waals surface area contributed by atoms with Gasteiger partial charge in [-0.3, -0.25) is 9.78 Å². The minimum absolute atomic E-state index is 0.112. The molecule has 0 spiro atoms. The summed E-state index contributed by atoms with van der Waals surface area (Å²) in [4.78, 5) is 23.9. The van der Waals surface area contributed by atoms with Gasteiger partial charge in [-0.2, -0.15) is 0 Å². The van der Waals surface area contributed by atoms with Crippen molar-refractivity contribution in [2.75, 3.05) is 26.3 Å². The van der Waals surface area contributed by atoms with Gasteiger partial charge in [0.2, 0.25) is 0 Å². The van der Waals surface area contributed by atoms with Crippen molar-refractivity contribution in [2.45, 2.75) is 20.3 Å². The first-order valence-corrected chi connectivity index (χ1v) is 10.8. The van der Waals surface area contributed by atoms with E-state index in [0.717, 1.165) is 27.9 Å². The molecule has 1 aliphatic heterocycles. The van der Waals surface area contributed by atoms with Crippen molar-refractivity contribution in [1.82, 2.24) is 14.9 Å². The third-order valence-corrected chi connectivity index (χ3v) is 6.45. The summed E-state index contributed by atoms with van der Waals surface area (Å²) in [5.74, 6) is -0.112. The van der Waals surface area contributed by atoms with Crippen LogP contribution in [0, 0.1) is 13.8 Å². The van der Waals surface area contributed by atoms with Crippen molar-refractivity contribution in [1.29, 1.82) is 0 Å². The van der Waals surface area contributed by atoms with E-state index in [9.17, 15) is 4.79 Å². The van der Waals surface area contributed by atoms with Crippen molar-refractivity contribution in [3.63, 3.8) is 0 Å². The topological polar surface area (TPSA) is 55.3 Å². The van der Waals surface area contributed by atoms with E-state index in [1.807, 2.05) is 26.0 Å². The molecule has 30 heavy (non-hydrogen) atoms. The summed E-state index contributed by atoms with van der Waals surface area (Å²) in [7, 11) is 0. The largest absolute Gasteiger partial charge is 0.378 e. The second-order valence-electron chi connectivity index (χ2n) is 7.36. The number of rotatable bonds is 3. The summed E-state index contributed by atoms with van der Waals surface area (Å²) >= 11 is 19.3. The Morgan fingerprint density at radius 3 is 2.43 bits per heavy atom. The Bertz CT molecular complexity index is 1140. The number of pyridine rings is 2. The number of nitrogens with zero attached hydrogens (tertiary/aromatic N) is 3. The van der Waals surface area contributed by atoms with E-state index in [1.165, 1.54) is 0 Å². The molecule has 0 N–H and O–H groups in total. The van der Waals surface area contributed by atoms with Crippen LogP contribution in [0.4, 0.5) is 0 Å². The molecule has 1 amide bonds. The van der Waals surface area contributed by atoms with Gasteiger partial charge in [-0.25, -0.2) is 4.98 Å². The maximum absolute atomic E-state index is 13.0. The molecular weight excluding hydrogens is 445 g/mol. The van der Waals surface area contributed by atoms with Crippen LogP contribution in [0.1, 0.15) is 32.7 Å². The molecule has 0 unspecified atom stereocenters. The molecule has 156 valence electrons. The van der Waals surface area contributed by atoms with E-state index >= 15 is 0 Å². The van der Waals surface area contributed by atoms with Crippen LogP contribution in [0.25, 0.3) is 11.0 Å². The van der Waals surface area contributed by atoms with Gasteiger partial charge in [0.25, 0.3) is 5.91 Å². The Labute approximate surface area is 189 Å². The Morgan fingerprint density at radius 2 is 1.70 bits per heavy atom. The van der Waals surface area contributed by atoms with Gasteiger partial charge in [0, 0.05) is 30.2 Å². The minimum Gasteiger partial charge on any atom is -0.378 e. The molecule has 1 aliphatic rings. The van der Waals surface area contributed by atoms with E-state index in [1.54, 1.807) is 17.0 Å². The first kappa shape index (κ1) is 21.3. The number of ether oxygens (including phenoxy) is 1. The molecule has 0 radical (unpaired) electrons. The van der Waals surface area contributed by atoms with Crippen molar-refractivity contribution in [3.8, 4) is 0 Å². The van der Waals surface area contributed by atoms with E-state index in [0.29, 0.717) is 59.0 Å². The van der Waals surface area contributed by atoms with E-state index in [4.69, 9.17) is 44.5 Å². The lowest BCUT2D eigenvalue weighted by molar-refractivity contribution is 0.0303. The van der Waals surface area contributed by atoms with E-state index < -0.39 is 0 Å². The fourth-order valence-electron chi connectivity index (χ4n) is 3.52. The van der Waals surface area contributed by atoms with Crippen LogP contribution < -0.4 is 0 Å². The molecule has 8 heteroatoms. The maximum atomic E-state index is 13.0. The fraction of sp³-hybridized carbons (Fsp3) is 0.318. The maximum Gasteiger partial charge on any atom is 0.255 e. The summed E-state index contributed by atoms with van der Waals surface area (Å²) in [6.07, 6.45) is 0.408. The number of morpholine rings is 1. The zero-order chi connectivity index (χ0) is 21.4. The lowest BCUT2D eigenvalue weighted by Crippen LogP contribution is -2.40. The van der Waals surface area contributed by atoms with E-state index in [2.05, 4.69) is 4.98 Å². The number of benzene rings is 1. The molecule has 1 fully saturated rings. The van der Waals surface area contributed by atoms with Crippen LogP contribution in [-0.2, 0) is 11.2 Å².